The minimum atomic E-state index is -0.780. The molecule has 0 fully saturated rings. The highest BCUT2D eigenvalue weighted by Gasteiger charge is 2.25. The van der Waals surface area contributed by atoms with Crippen LogP contribution < -0.4 is 47.9 Å². The molecule has 0 spiro atoms. The molecule has 0 aliphatic carbocycles. The van der Waals surface area contributed by atoms with Gasteiger partial charge in [-0.3, -0.25) is 48.8 Å². The molecule has 0 aliphatic rings. The van der Waals surface area contributed by atoms with Crippen LogP contribution in [0, 0.1) is 13.8 Å². The Balaban J connectivity index is 1.15. The van der Waals surface area contributed by atoms with Crippen LogP contribution in [0.5, 0.6) is 11.5 Å². The normalized spacial score (nSPS) is 11.9. The Morgan fingerprint density at radius 3 is 1.76 bits per heavy atom. The first-order chi connectivity index (χ1) is 37.6. The van der Waals surface area contributed by atoms with Crippen molar-refractivity contribution in [3.8, 4) is 11.5 Å². The highest BCUT2D eigenvalue weighted by atomic mass is 33.1. The molecular weight excluding hydrogens is 1060 g/mol. The number of aromatic nitrogens is 8. The van der Waals surface area contributed by atoms with Crippen molar-refractivity contribution < 1.29 is 52.5 Å². The largest absolute Gasteiger partial charge is 0.494 e. The number of nitrogens with zero attached hydrogens (tertiary/aromatic N) is 8. The zero-order valence-corrected chi connectivity index (χ0v) is 46.9. The molecule has 0 saturated heterocycles. The van der Waals surface area contributed by atoms with Crippen molar-refractivity contribution in [2.45, 2.75) is 99.1 Å². The van der Waals surface area contributed by atoms with Gasteiger partial charge < -0.3 is 55.9 Å². The summed E-state index contributed by atoms with van der Waals surface area (Å²) in [6.45, 7) is 14.0. The van der Waals surface area contributed by atoms with E-state index in [1.807, 2.05) is 13.8 Å². The van der Waals surface area contributed by atoms with Crippen molar-refractivity contribution in [3.05, 3.63) is 82.5 Å². The fourth-order valence-electron chi connectivity index (χ4n) is 7.88. The summed E-state index contributed by atoms with van der Waals surface area (Å²) in [6.07, 6.45) is 3.20. The number of hydrogen-bond acceptors (Lipinski definition) is 18. The summed E-state index contributed by atoms with van der Waals surface area (Å²) < 4.78 is 28.9. The lowest BCUT2D eigenvalue weighted by molar-refractivity contribution is -0.155. The van der Waals surface area contributed by atoms with Gasteiger partial charge in [-0.2, -0.15) is 10.2 Å². The van der Waals surface area contributed by atoms with Gasteiger partial charge in [0.1, 0.15) is 52.2 Å². The zero-order chi connectivity index (χ0) is 57.6. The summed E-state index contributed by atoms with van der Waals surface area (Å²) in [5, 5.41) is 19.9. The van der Waals surface area contributed by atoms with Crippen LogP contribution in [0.4, 0.5) is 16.7 Å². The third-order valence-corrected chi connectivity index (χ3v) is 13.8. The number of nitrogens with two attached hydrogens (primary N) is 3. The number of rotatable bonds is 28. The van der Waals surface area contributed by atoms with Gasteiger partial charge >= 0.3 is 12.1 Å². The Labute approximate surface area is 463 Å². The molecule has 28 heteroatoms. The fourth-order valence-corrected chi connectivity index (χ4v) is 9.81. The van der Waals surface area contributed by atoms with Crippen molar-refractivity contribution >= 4 is 97.1 Å². The second-order valence-corrected chi connectivity index (χ2v) is 21.3. The van der Waals surface area contributed by atoms with E-state index >= 15 is 0 Å². The van der Waals surface area contributed by atoms with Crippen LogP contribution in [0.15, 0.2) is 48.6 Å². The molecule has 4 heterocycles. The van der Waals surface area contributed by atoms with Gasteiger partial charge in [0.05, 0.1) is 36.1 Å². The summed E-state index contributed by atoms with van der Waals surface area (Å²) in [5.41, 5.74) is 20.3. The molecule has 424 valence electrons. The molecule has 79 heavy (non-hydrogen) atoms. The number of amides is 6. The number of allylic oxidation sites excluding steroid dienone is 2. The zero-order valence-electron chi connectivity index (χ0n) is 45.3. The summed E-state index contributed by atoms with van der Waals surface area (Å²) in [4.78, 5) is 99.0. The Morgan fingerprint density at radius 1 is 0.722 bits per heavy atom. The van der Waals surface area contributed by atoms with E-state index in [1.165, 1.54) is 53.0 Å². The van der Waals surface area contributed by atoms with Crippen molar-refractivity contribution in [3.63, 3.8) is 0 Å². The van der Waals surface area contributed by atoms with Crippen LogP contribution >= 0.6 is 21.6 Å². The van der Waals surface area contributed by atoms with Crippen LogP contribution in [0.3, 0.4) is 0 Å². The molecule has 0 radical (unpaired) electrons. The Bertz CT molecular complexity index is 3250. The first-order valence-corrected chi connectivity index (χ1v) is 27.7. The van der Waals surface area contributed by atoms with Gasteiger partial charge in [-0.25, -0.2) is 14.8 Å². The number of methoxy groups -OCH3 is 1. The van der Waals surface area contributed by atoms with Gasteiger partial charge in [0.2, 0.25) is 29.6 Å². The first-order valence-electron chi connectivity index (χ1n) is 25.2. The minimum absolute atomic E-state index is 0.0217. The molecule has 2 aromatic carbocycles. The molecular formula is C51H67N15O11S2. The second kappa shape index (κ2) is 27.5. The quantitative estimate of drug-likeness (QED) is 0.0154. The van der Waals surface area contributed by atoms with Crippen LogP contribution in [-0.4, -0.2) is 137 Å². The van der Waals surface area contributed by atoms with E-state index in [1.54, 1.807) is 77.4 Å². The van der Waals surface area contributed by atoms with Crippen molar-refractivity contribution in [2.24, 2.45) is 17.2 Å². The van der Waals surface area contributed by atoms with Gasteiger partial charge in [-0.15, -0.1) is 0 Å². The number of esters is 1. The number of alkyl carbamates (subject to hydrolysis) is 1. The molecule has 6 amide bonds. The maximum Gasteiger partial charge on any atom is 0.407 e. The Hall–Kier alpha value is -8.11. The lowest BCUT2D eigenvalue weighted by atomic mass is 10.1. The number of hydrogen-bond donors (Lipinski definition) is 7. The lowest BCUT2D eigenvalue weighted by Gasteiger charge is -2.21. The molecule has 0 unspecified atom stereocenters. The van der Waals surface area contributed by atoms with Crippen LogP contribution in [0.2, 0.25) is 0 Å². The topological polar surface area (TPSA) is 354 Å². The molecule has 0 bridgehead atoms. The summed E-state index contributed by atoms with van der Waals surface area (Å²) in [5.74, 6) is -1.75. The number of primary amides is 2. The second-order valence-electron chi connectivity index (χ2n) is 18.7. The molecule has 6 rings (SSSR count). The van der Waals surface area contributed by atoms with E-state index in [2.05, 4.69) is 36.4 Å². The Morgan fingerprint density at radius 2 is 1.25 bits per heavy atom. The minimum Gasteiger partial charge on any atom is -0.494 e. The molecule has 0 saturated carbocycles. The average Bonchev–Trinajstić information content (AvgIpc) is 4.40. The van der Waals surface area contributed by atoms with E-state index < -0.39 is 47.3 Å². The standard InChI is InChI=1S/C51H67N15O11S2/c1-9-65-36(22-29(3)61-65)45(70)59-48-57-34-24-31(43(53)68)26-38(74-8)41(34)63(48)17-11-12-18-64-42-35(58-49(64)60-46(71)37-23-30(4)62-66(37)10-2)25-32(44(54)69)27-39(42)75-19-13-15-55-40(67)14-16-56-50(73)76-20-21-78-79-28-33(52)47(72)77-51(5,6)7/h11-12,22-27,33H,9-10,13-21,28,52H2,1-8H3,(H2,53,68)(H2,54,69)(H,55,67)(H,56,73)(H,57,59,70)(H,58,60,71)/b12-11+/t33-/m0/s1. The fraction of sp³-hybridized carbons (Fsp3) is 0.431. The van der Waals surface area contributed by atoms with Crippen LogP contribution in [0.25, 0.3) is 22.1 Å². The van der Waals surface area contributed by atoms with Crippen molar-refractivity contribution in [1.29, 1.82) is 0 Å². The smallest absolute Gasteiger partial charge is 0.407 e. The van der Waals surface area contributed by atoms with Gasteiger partial charge in [-0.05, 0) is 91.3 Å². The van der Waals surface area contributed by atoms with E-state index in [-0.39, 0.29) is 97.5 Å². The summed E-state index contributed by atoms with van der Waals surface area (Å²) >= 11 is 0. The monoisotopic (exact) mass is 1130 g/mol. The third kappa shape index (κ3) is 16.2. The molecule has 0 aliphatic heterocycles. The molecule has 4 aromatic heterocycles. The number of fused-ring (bicyclic) bond motifs is 2. The summed E-state index contributed by atoms with van der Waals surface area (Å²) in [6, 6.07) is 8.49. The molecule has 6 aromatic rings. The van der Waals surface area contributed by atoms with Crippen LogP contribution in [0.1, 0.15) is 101 Å². The highest BCUT2D eigenvalue weighted by Crippen LogP contribution is 2.33. The number of carbonyl (C=O) groups excluding carboxylic acids is 7. The van der Waals surface area contributed by atoms with Gasteiger partial charge in [0, 0.05) is 68.3 Å². The van der Waals surface area contributed by atoms with E-state index in [9.17, 15) is 33.6 Å². The van der Waals surface area contributed by atoms with E-state index in [4.69, 9.17) is 41.1 Å². The number of nitrogens with one attached hydrogen (secondary N) is 4. The van der Waals surface area contributed by atoms with E-state index in [0.29, 0.717) is 64.6 Å². The predicted molar refractivity (Wildman–Crippen MR) is 299 cm³/mol. The number of ether oxygens (including phenoxy) is 4. The first kappa shape index (κ1) is 60.1. The van der Waals surface area contributed by atoms with Gasteiger partial charge in [-0.1, -0.05) is 33.7 Å². The lowest BCUT2D eigenvalue weighted by Crippen LogP contribution is -2.38. The van der Waals surface area contributed by atoms with Crippen molar-refractivity contribution in [2.75, 3.05) is 55.6 Å². The number of benzene rings is 2. The number of anilines is 2. The maximum absolute atomic E-state index is 13.9. The van der Waals surface area contributed by atoms with Crippen LogP contribution in [-0.2, 0) is 45.2 Å². The SMILES string of the molecule is CCn1nc(C)cc1C(=O)Nc1nc2cc(C(N)=O)cc(OC)c2n1C/C=C/Cn1c(NC(=O)c2cc(C)nn2CC)nc2cc(C(N)=O)cc(OCCCNC(=O)CCNC(=O)OCCSSC[C@H](N)C(=O)OC(C)(C)C)c21. The third-order valence-electron chi connectivity index (χ3n) is 11.4. The average molecular weight is 1130 g/mol. The molecule has 10 N–H and O–H groups in total. The number of carbonyl (C=O) groups is 7. The maximum atomic E-state index is 13.9. The number of imidazole rings is 2. The highest BCUT2D eigenvalue weighted by molar-refractivity contribution is 8.76. The van der Waals surface area contributed by atoms with Gasteiger partial charge in [0.25, 0.3) is 11.8 Å². The summed E-state index contributed by atoms with van der Waals surface area (Å²) in [7, 11) is 4.19. The van der Waals surface area contributed by atoms with Crippen molar-refractivity contribution in [1.82, 2.24) is 49.3 Å². The Kier molecular flexibility index (Phi) is 20.9. The predicted octanol–water partition coefficient (Wildman–Crippen LogP) is 4.45. The molecule has 1 atom stereocenters. The number of aryl methyl sites for hydroxylation is 4. The van der Waals surface area contributed by atoms with E-state index in [0.717, 1.165) is 0 Å². The van der Waals surface area contributed by atoms with Gasteiger partial charge in [0.15, 0.2) is 0 Å². The molecule has 26 nitrogen and oxygen atoms in total.